The van der Waals surface area contributed by atoms with Gasteiger partial charge in [0.05, 0.1) is 13.3 Å². The molecule has 0 aliphatic carbocycles. The summed E-state index contributed by atoms with van der Waals surface area (Å²) in [5.74, 6) is 0.491. The largest absolute Gasteiger partial charge is 0.494 e. The van der Waals surface area contributed by atoms with Gasteiger partial charge in [-0.15, -0.1) is 0 Å². The lowest BCUT2D eigenvalue weighted by molar-refractivity contribution is 0.339. The van der Waals surface area contributed by atoms with Crippen LogP contribution in [-0.2, 0) is 0 Å². The Bertz CT molecular complexity index is 296. The first-order chi connectivity index (χ1) is 6.69. The molecule has 77 valence electrons. The van der Waals surface area contributed by atoms with Crippen molar-refractivity contribution in [2.24, 2.45) is 0 Å². The van der Waals surface area contributed by atoms with Crippen LogP contribution in [0.2, 0.25) is 0 Å². The number of hydrogen-bond donors (Lipinski definition) is 0. The average Bonchev–Trinajstić information content (AvgIpc) is 2.20. The molecule has 0 fully saturated rings. The molecule has 1 radical (unpaired) electrons. The van der Waals surface area contributed by atoms with Crippen molar-refractivity contribution in [1.29, 1.82) is 0 Å². The second kappa shape index (κ2) is 4.99. The van der Waals surface area contributed by atoms with E-state index >= 15 is 0 Å². The lowest BCUT2D eigenvalue weighted by Crippen LogP contribution is -2.00. The van der Waals surface area contributed by atoms with Gasteiger partial charge in [0.2, 0.25) is 0 Å². The summed E-state index contributed by atoms with van der Waals surface area (Å²) in [4.78, 5) is 0. The quantitative estimate of drug-likeness (QED) is 0.716. The van der Waals surface area contributed by atoms with E-state index in [0.29, 0.717) is 6.61 Å². The van der Waals surface area contributed by atoms with Crippen LogP contribution in [0.5, 0.6) is 5.75 Å². The summed E-state index contributed by atoms with van der Waals surface area (Å²) >= 11 is 0. The molecule has 1 rings (SSSR count). The highest BCUT2D eigenvalue weighted by Gasteiger charge is 2.09. The van der Waals surface area contributed by atoms with Gasteiger partial charge in [0.15, 0.2) is 0 Å². The number of halogens is 1. The summed E-state index contributed by atoms with van der Waals surface area (Å²) in [5.41, 5.74) is 1.99. The summed E-state index contributed by atoms with van der Waals surface area (Å²) in [6.07, 6.45) is 0. The number of rotatable bonds is 4. The standard InChI is InChI=1S/C12H16FO/c1-4-14-11-6-5-9(2)12(7-11)10(3)8-13/h5-7,10H,3-4,8H2,1-2H3. The molecule has 1 atom stereocenters. The fraction of sp³-hybridized carbons (Fsp3) is 0.417. The normalized spacial score (nSPS) is 12.6. The van der Waals surface area contributed by atoms with Gasteiger partial charge < -0.3 is 4.74 Å². The molecule has 1 nitrogen and oxygen atoms in total. The zero-order valence-electron chi connectivity index (χ0n) is 8.72. The highest BCUT2D eigenvalue weighted by Crippen LogP contribution is 2.24. The van der Waals surface area contributed by atoms with Crippen LogP contribution in [0.3, 0.4) is 0 Å². The predicted molar refractivity (Wildman–Crippen MR) is 56.4 cm³/mol. The van der Waals surface area contributed by atoms with E-state index in [1.165, 1.54) is 0 Å². The van der Waals surface area contributed by atoms with Crippen molar-refractivity contribution in [2.75, 3.05) is 13.3 Å². The van der Waals surface area contributed by atoms with E-state index < -0.39 is 6.67 Å². The van der Waals surface area contributed by atoms with Gasteiger partial charge in [-0.3, -0.25) is 4.39 Å². The minimum absolute atomic E-state index is 0.296. The van der Waals surface area contributed by atoms with Crippen LogP contribution in [0, 0.1) is 13.8 Å². The zero-order valence-corrected chi connectivity index (χ0v) is 8.72. The molecule has 1 aromatic carbocycles. The zero-order chi connectivity index (χ0) is 10.6. The van der Waals surface area contributed by atoms with Crippen molar-refractivity contribution in [2.45, 2.75) is 19.8 Å². The number of aryl methyl sites for hydroxylation is 1. The van der Waals surface area contributed by atoms with Gasteiger partial charge in [0.25, 0.3) is 0 Å². The number of alkyl halides is 1. The first-order valence-electron chi connectivity index (χ1n) is 4.81. The highest BCUT2D eigenvalue weighted by atomic mass is 19.1. The summed E-state index contributed by atoms with van der Waals surface area (Å²) in [7, 11) is 0. The third-order valence-corrected chi connectivity index (χ3v) is 2.19. The molecule has 0 heterocycles. The molecule has 0 spiro atoms. The SMILES string of the molecule is [CH2]C(CF)c1cc(OCC)ccc1C. The molecule has 0 N–H and O–H groups in total. The minimum Gasteiger partial charge on any atom is -0.494 e. The van der Waals surface area contributed by atoms with E-state index in [-0.39, 0.29) is 5.92 Å². The monoisotopic (exact) mass is 195 g/mol. The van der Waals surface area contributed by atoms with E-state index in [0.717, 1.165) is 16.9 Å². The van der Waals surface area contributed by atoms with Crippen LogP contribution in [0.1, 0.15) is 24.0 Å². The van der Waals surface area contributed by atoms with Gasteiger partial charge in [0.1, 0.15) is 5.75 Å². The summed E-state index contributed by atoms with van der Waals surface area (Å²) < 4.78 is 17.8. The second-order valence-corrected chi connectivity index (χ2v) is 3.30. The molecule has 14 heavy (non-hydrogen) atoms. The van der Waals surface area contributed by atoms with Gasteiger partial charge in [0, 0.05) is 5.92 Å². The molecule has 0 aromatic heterocycles. The van der Waals surface area contributed by atoms with Crippen molar-refractivity contribution in [3.05, 3.63) is 36.2 Å². The molecule has 0 saturated heterocycles. The van der Waals surface area contributed by atoms with Crippen LogP contribution in [0.4, 0.5) is 4.39 Å². The smallest absolute Gasteiger partial charge is 0.119 e. The third-order valence-electron chi connectivity index (χ3n) is 2.19. The van der Waals surface area contributed by atoms with Crippen molar-refractivity contribution in [3.8, 4) is 5.75 Å². The molecule has 0 aliphatic heterocycles. The molecular weight excluding hydrogens is 179 g/mol. The van der Waals surface area contributed by atoms with Crippen LogP contribution in [-0.4, -0.2) is 13.3 Å². The Hall–Kier alpha value is -1.05. The molecule has 0 amide bonds. The van der Waals surface area contributed by atoms with Crippen LogP contribution in [0.15, 0.2) is 18.2 Å². The summed E-state index contributed by atoms with van der Waals surface area (Å²) in [5, 5.41) is 0. The molecule has 1 unspecified atom stereocenters. The third kappa shape index (κ3) is 2.47. The minimum atomic E-state index is -0.434. The Balaban J connectivity index is 2.95. The Labute approximate surface area is 84.9 Å². The lowest BCUT2D eigenvalue weighted by Gasteiger charge is -2.12. The maximum Gasteiger partial charge on any atom is 0.119 e. The van der Waals surface area contributed by atoms with Crippen molar-refractivity contribution < 1.29 is 9.13 Å². The average molecular weight is 195 g/mol. The molecule has 2 heteroatoms. The van der Waals surface area contributed by atoms with Crippen LogP contribution < -0.4 is 4.74 Å². The Morgan fingerprint density at radius 2 is 2.21 bits per heavy atom. The molecule has 0 aliphatic rings. The van der Waals surface area contributed by atoms with E-state index in [1.807, 2.05) is 32.0 Å². The fourth-order valence-electron chi connectivity index (χ4n) is 1.40. The van der Waals surface area contributed by atoms with E-state index in [9.17, 15) is 4.39 Å². The second-order valence-electron chi connectivity index (χ2n) is 3.30. The Morgan fingerprint density at radius 1 is 1.50 bits per heavy atom. The molecular formula is C12H16FO. The van der Waals surface area contributed by atoms with Gasteiger partial charge in [-0.2, -0.15) is 0 Å². The Kier molecular flexibility index (Phi) is 3.93. The maximum absolute atomic E-state index is 12.5. The fourth-order valence-corrected chi connectivity index (χ4v) is 1.40. The Morgan fingerprint density at radius 3 is 2.79 bits per heavy atom. The number of ether oxygens (including phenoxy) is 1. The van der Waals surface area contributed by atoms with E-state index in [1.54, 1.807) is 0 Å². The van der Waals surface area contributed by atoms with E-state index in [4.69, 9.17) is 4.74 Å². The maximum atomic E-state index is 12.5. The molecule has 0 saturated carbocycles. The predicted octanol–water partition coefficient (Wildman–Crippen LogP) is 3.28. The van der Waals surface area contributed by atoms with Gasteiger partial charge in [-0.25, -0.2) is 0 Å². The van der Waals surface area contributed by atoms with Crippen molar-refractivity contribution in [1.82, 2.24) is 0 Å². The van der Waals surface area contributed by atoms with E-state index in [2.05, 4.69) is 6.92 Å². The van der Waals surface area contributed by atoms with Crippen LogP contribution >= 0.6 is 0 Å². The van der Waals surface area contributed by atoms with Crippen LogP contribution in [0.25, 0.3) is 0 Å². The van der Waals surface area contributed by atoms with Crippen molar-refractivity contribution >= 4 is 0 Å². The van der Waals surface area contributed by atoms with Gasteiger partial charge >= 0.3 is 0 Å². The molecule has 1 aromatic rings. The van der Waals surface area contributed by atoms with Gasteiger partial charge in [-0.1, -0.05) is 6.07 Å². The van der Waals surface area contributed by atoms with Crippen molar-refractivity contribution in [3.63, 3.8) is 0 Å². The first kappa shape index (κ1) is 11.0. The summed E-state index contributed by atoms with van der Waals surface area (Å²) in [6, 6.07) is 5.71. The summed E-state index contributed by atoms with van der Waals surface area (Å²) in [6.45, 7) is 7.83. The molecule has 0 bridgehead atoms. The first-order valence-corrected chi connectivity index (χ1v) is 4.81. The van der Waals surface area contributed by atoms with Gasteiger partial charge in [-0.05, 0) is 44.0 Å². The number of benzene rings is 1. The topological polar surface area (TPSA) is 9.23 Å². The number of hydrogen-bond acceptors (Lipinski definition) is 1. The lowest BCUT2D eigenvalue weighted by atomic mass is 9.97. The highest BCUT2D eigenvalue weighted by molar-refractivity contribution is 5.37.